The van der Waals surface area contributed by atoms with E-state index in [0.717, 1.165) is 0 Å². The van der Waals surface area contributed by atoms with Gasteiger partial charge in [0.2, 0.25) is 0 Å². The summed E-state index contributed by atoms with van der Waals surface area (Å²) >= 11 is 0. The van der Waals surface area contributed by atoms with Gasteiger partial charge in [0.1, 0.15) is 48.4 Å². The number of aliphatic carboxylic acids is 2. The van der Waals surface area contributed by atoms with E-state index in [9.17, 15) is 29.4 Å². The number of aromatic hydroxyl groups is 2. The number of aliphatic hydroxyl groups excluding tert-OH is 2. The molecule has 2 aliphatic heterocycles. The maximum atomic E-state index is 11.8. The van der Waals surface area contributed by atoms with E-state index in [-0.39, 0.29) is 36.8 Å². The van der Waals surface area contributed by atoms with Gasteiger partial charge in [-0.05, 0) is 48.5 Å². The average molecular weight is 795 g/mol. The Morgan fingerprint density at radius 1 is 0.607 bits per heavy atom. The molecule has 2 fully saturated rings. The number of urea groups is 2. The van der Waals surface area contributed by atoms with E-state index in [4.69, 9.17) is 39.4 Å². The molecule has 0 aromatic heterocycles. The van der Waals surface area contributed by atoms with E-state index in [0.29, 0.717) is 116 Å². The molecule has 2 aromatic rings. The molecular formula is C36H54N6O14. The molecule has 2 saturated heterocycles. The lowest BCUT2D eigenvalue weighted by Crippen LogP contribution is -2.47. The molecule has 2 aliphatic rings. The Bertz CT molecular complexity index is 1330. The summed E-state index contributed by atoms with van der Waals surface area (Å²) in [4.78, 5) is 46.2. The van der Waals surface area contributed by atoms with Crippen molar-refractivity contribution < 1.29 is 68.8 Å². The Hall–Kier alpha value is -5.38. The van der Waals surface area contributed by atoms with Crippen LogP contribution in [0.4, 0.5) is 9.59 Å². The predicted molar refractivity (Wildman–Crippen MR) is 201 cm³/mol. The number of hydrogen-bond donors (Lipinski definition) is 10. The number of morpholine rings is 2. The van der Waals surface area contributed by atoms with Crippen molar-refractivity contribution in [2.75, 3.05) is 105 Å². The van der Waals surface area contributed by atoms with Crippen molar-refractivity contribution in [3.63, 3.8) is 0 Å². The molecule has 0 radical (unpaired) electrons. The minimum absolute atomic E-state index is 0.0867. The quantitative estimate of drug-likeness (QED) is 0.0656. The van der Waals surface area contributed by atoms with Crippen LogP contribution in [0.3, 0.4) is 0 Å². The van der Waals surface area contributed by atoms with Gasteiger partial charge >= 0.3 is 24.0 Å². The molecule has 2 atom stereocenters. The molecule has 0 bridgehead atoms. The van der Waals surface area contributed by atoms with Crippen molar-refractivity contribution in [2.45, 2.75) is 12.2 Å². The number of ether oxygens (including phenoxy) is 4. The lowest BCUT2D eigenvalue weighted by atomic mass is 10.3. The first-order valence-corrected chi connectivity index (χ1v) is 17.9. The zero-order valence-electron chi connectivity index (χ0n) is 31.1. The van der Waals surface area contributed by atoms with Crippen LogP contribution >= 0.6 is 0 Å². The number of aliphatic hydroxyl groups is 2. The second-order valence-electron chi connectivity index (χ2n) is 12.0. The molecule has 10 N–H and O–H groups in total. The standard InChI is InChI=1S/2C16H25N3O5.C4H4O4/c2*20-13-1-3-15(4-2-13)24-12-14(21)11-17-5-6-18-16(22)19-7-9-23-10-8-19;5-3(6)1-2-4(7)8/h2*1-4,14,17,20-21H,5-12H2,(H,18,22);1-2H,(H,5,6)(H,7,8)/t2*14-;/m11./s1. The van der Waals surface area contributed by atoms with Crippen LogP contribution in [0.5, 0.6) is 23.0 Å². The van der Waals surface area contributed by atoms with Gasteiger partial charge in [0.05, 0.1) is 26.4 Å². The van der Waals surface area contributed by atoms with E-state index in [1.54, 1.807) is 34.1 Å². The molecule has 0 spiro atoms. The summed E-state index contributed by atoms with van der Waals surface area (Å²) in [5.41, 5.74) is 0. The number of amides is 4. The Morgan fingerprint density at radius 3 is 1.27 bits per heavy atom. The number of phenolic OH excluding ortho intramolecular Hbond substituents is 2. The van der Waals surface area contributed by atoms with Gasteiger partial charge in [-0.1, -0.05) is 0 Å². The number of phenols is 2. The molecule has 20 nitrogen and oxygen atoms in total. The van der Waals surface area contributed by atoms with Gasteiger partial charge in [-0.15, -0.1) is 0 Å². The van der Waals surface area contributed by atoms with E-state index < -0.39 is 24.1 Å². The highest BCUT2D eigenvalue weighted by Gasteiger charge is 2.17. The summed E-state index contributed by atoms with van der Waals surface area (Å²) < 4.78 is 21.2. The predicted octanol–water partition coefficient (Wildman–Crippen LogP) is -0.762. The molecule has 56 heavy (non-hydrogen) atoms. The van der Waals surface area contributed by atoms with Crippen molar-refractivity contribution in [1.29, 1.82) is 0 Å². The zero-order valence-corrected chi connectivity index (χ0v) is 31.1. The molecule has 20 heteroatoms. The SMILES string of the molecule is O=C(NCCNC[C@@H](O)COc1ccc(O)cc1)N1CCOCC1.O=C(NCCNC[C@@H](O)COc1ccc(O)cc1)N1CCOCC1.O=C(O)C=CC(=O)O. The normalized spacial score (nSPS) is 14.9. The van der Waals surface area contributed by atoms with Crippen LogP contribution in [0.2, 0.25) is 0 Å². The number of carboxylic acids is 2. The third-order valence-electron chi connectivity index (χ3n) is 7.44. The lowest BCUT2D eigenvalue weighted by Gasteiger charge is -2.27. The summed E-state index contributed by atoms with van der Waals surface area (Å²) in [6.07, 6.45) is -0.201. The van der Waals surface area contributed by atoms with Crippen LogP contribution in [0, 0.1) is 0 Å². The highest BCUT2D eigenvalue weighted by atomic mass is 16.5. The number of carbonyl (C=O) groups excluding carboxylic acids is 2. The number of carbonyl (C=O) groups is 4. The molecule has 4 amide bonds. The number of rotatable bonds is 18. The van der Waals surface area contributed by atoms with Crippen molar-refractivity contribution in [1.82, 2.24) is 31.1 Å². The van der Waals surface area contributed by atoms with E-state index in [1.165, 1.54) is 24.3 Å². The maximum absolute atomic E-state index is 11.8. The molecule has 312 valence electrons. The van der Waals surface area contributed by atoms with Gasteiger partial charge in [0.15, 0.2) is 0 Å². The first-order chi connectivity index (χ1) is 26.9. The van der Waals surface area contributed by atoms with Gasteiger partial charge in [0, 0.05) is 77.6 Å². The summed E-state index contributed by atoms with van der Waals surface area (Å²) in [6.45, 7) is 7.93. The summed E-state index contributed by atoms with van der Waals surface area (Å²) in [5, 5.41) is 65.4. The van der Waals surface area contributed by atoms with Crippen molar-refractivity contribution in [3.05, 3.63) is 60.7 Å². The second kappa shape index (κ2) is 28.1. The number of carboxylic acid groups (broad SMARTS) is 2. The highest BCUT2D eigenvalue weighted by molar-refractivity contribution is 5.89. The summed E-state index contributed by atoms with van der Waals surface area (Å²) in [7, 11) is 0. The van der Waals surface area contributed by atoms with Crippen LogP contribution < -0.4 is 30.7 Å². The van der Waals surface area contributed by atoms with E-state index in [1.807, 2.05) is 0 Å². The van der Waals surface area contributed by atoms with Crippen LogP contribution in [0.15, 0.2) is 60.7 Å². The first kappa shape index (κ1) is 46.8. The van der Waals surface area contributed by atoms with Crippen molar-refractivity contribution in [2.24, 2.45) is 0 Å². The van der Waals surface area contributed by atoms with Crippen molar-refractivity contribution in [3.8, 4) is 23.0 Å². The summed E-state index contributed by atoms with van der Waals surface area (Å²) in [5.74, 6) is -0.999. The minimum Gasteiger partial charge on any atom is -0.508 e. The minimum atomic E-state index is -1.26. The number of benzene rings is 2. The topological polar surface area (TPSA) is 281 Å². The molecule has 2 aromatic carbocycles. The van der Waals surface area contributed by atoms with Gasteiger partial charge < -0.3 is 80.7 Å². The lowest BCUT2D eigenvalue weighted by molar-refractivity contribution is -0.134. The third-order valence-corrected chi connectivity index (χ3v) is 7.44. The number of nitrogens with one attached hydrogen (secondary N) is 4. The number of hydrogen-bond acceptors (Lipinski definition) is 14. The van der Waals surface area contributed by atoms with E-state index >= 15 is 0 Å². The Labute approximate surface area is 324 Å². The van der Waals surface area contributed by atoms with Crippen LogP contribution in [-0.4, -0.2) is 182 Å². The largest absolute Gasteiger partial charge is 0.508 e. The fraction of sp³-hybridized carbons (Fsp3) is 0.500. The van der Waals surface area contributed by atoms with Crippen molar-refractivity contribution >= 4 is 24.0 Å². The summed E-state index contributed by atoms with van der Waals surface area (Å²) in [6, 6.07) is 12.5. The third kappa shape index (κ3) is 22.7. The van der Waals surface area contributed by atoms with Crippen LogP contribution in [-0.2, 0) is 19.1 Å². The monoisotopic (exact) mass is 794 g/mol. The fourth-order valence-corrected chi connectivity index (χ4v) is 4.54. The molecule has 0 saturated carbocycles. The van der Waals surface area contributed by atoms with Crippen LogP contribution in [0.25, 0.3) is 0 Å². The first-order valence-electron chi connectivity index (χ1n) is 17.9. The Morgan fingerprint density at radius 2 is 0.946 bits per heavy atom. The Kier molecular flexibility index (Phi) is 23.5. The smallest absolute Gasteiger partial charge is 0.328 e. The maximum Gasteiger partial charge on any atom is 0.328 e. The van der Waals surface area contributed by atoms with Gasteiger partial charge in [-0.25, -0.2) is 19.2 Å². The average Bonchev–Trinajstić information content (AvgIpc) is 3.20. The zero-order chi connectivity index (χ0) is 41.0. The molecule has 0 aliphatic carbocycles. The van der Waals surface area contributed by atoms with Crippen LogP contribution in [0.1, 0.15) is 0 Å². The highest BCUT2D eigenvalue weighted by Crippen LogP contribution is 2.16. The second-order valence-corrected chi connectivity index (χ2v) is 12.0. The number of nitrogens with zero attached hydrogens (tertiary/aromatic N) is 2. The fourth-order valence-electron chi connectivity index (χ4n) is 4.54. The Balaban J connectivity index is 0.000000325. The molecular weight excluding hydrogens is 740 g/mol. The van der Waals surface area contributed by atoms with Gasteiger partial charge in [0.25, 0.3) is 0 Å². The van der Waals surface area contributed by atoms with Gasteiger partial charge in [-0.3, -0.25) is 0 Å². The molecule has 0 unspecified atom stereocenters. The van der Waals surface area contributed by atoms with Gasteiger partial charge in [-0.2, -0.15) is 0 Å². The molecule has 2 heterocycles. The molecule has 4 rings (SSSR count). The van der Waals surface area contributed by atoms with E-state index in [2.05, 4.69) is 21.3 Å².